The molecule has 1 N–H and O–H groups in total. The molecule has 1 rings (SSSR count). The Kier molecular flexibility index (Phi) is 5.23. The second-order valence-corrected chi connectivity index (χ2v) is 4.94. The van der Waals surface area contributed by atoms with Crippen molar-refractivity contribution in [2.45, 2.75) is 33.2 Å². The number of rotatable bonds is 5. The lowest BCUT2D eigenvalue weighted by atomic mass is 10.1. The van der Waals surface area contributed by atoms with Crippen molar-refractivity contribution in [1.29, 1.82) is 0 Å². The smallest absolute Gasteiger partial charge is 0.142 e. The lowest BCUT2D eigenvalue weighted by molar-refractivity contribution is 0.495. The molecule has 0 heterocycles. The molecule has 0 radical (unpaired) electrons. The van der Waals surface area contributed by atoms with Crippen LogP contribution in [-0.2, 0) is 0 Å². The van der Waals surface area contributed by atoms with Gasteiger partial charge in [-0.3, -0.25) is 0 Å². The Hall–Kier alpha value is -0.600. The Morgan fingerprint density at radius 2 is 2.00 bits per heavy atom. The summed E-state index contributed by atoms with van der Waals surface area (Å²) >= 11 is 5.64. The van der Waals surface area contributed by atoms with Crippen molar-refractivity contribution >= 4 is 11.6 Å². The van der Waals surface area contributed by atoms with Crippen molar-refractivity contribution in [3.8, 4) is 0 Å². The first-order valence-electron chi connectivity index (χ1n) is 5.69. The summed E-state index contributed by atoms with van der Waals surface area (Å²) in [5.41, 5.74) is 0.936. The molecule has 1 unspecified atom stereocenters. The van der Waals surface area contributed by atoms with Gasteiger partial charge in [-0.2, -0.15) is 0 Å². The van der Waals surface area contributed by atoms with Gasteiger partial charge in [0.05, 0.1) is 5.02 Å². The van der Waals surface area contributed by atoms with Crippen LogP contribution in [0.5, 0.6) is 0 Å². The third-order valence-electron chi connectivity index (χ3n) is 2.62. The summed E-state index contributed by atoms with van der Waals surface area (Å²) in [6.07, 6.45) is 1.13. The third kappa shape index (κ3) is 4.11. The summed E-state index contributed by atoms with van der Waals surface area (Å²) in [5.74, 6) is 0.332. The molecule has 1 atom stereocenters. The van der Waals surface area contributed by atoms with Gasteiger partial charge in [-0.1, -0.05) is 31.5 Å². The van der Waals surface area contributed by atoms with Crippen LogP contribution in [0.2, 0.25) is 5.02 Å². The number of halogens is 2. The van der Waals surface area contributed by atoms with Crippen LogP contribution in [-0.4, -0.2) is 6.54 Å². The Morgan fingerprint density at radius 3 is 2.56 bits per heavy atom. The minimum absolute atomic E-state index is 0.158. The van der Waals surface area contributed by atoms with Crippen LogP contribution in [0.15, 0.2) is 18.2 Å². The molecule has 16 heavy (non-hydrogen) atoms. The van der Waals surface area contributed by atoms with Crippen LogP contribution in [0, 0.1) is 11.7 Å². The molecule has 0 saturated heterocycles. The molecule has 0 bridgehead atoms. The van der Waals surface area contributed by atoms with Crippen molar-refractivity contribution in [1.82, 2.24) is 5.32 Å². The summed E-state index contributed by atoms with van der Waals surface area (Å²) < 4.78 is 13.2. The van der Waals surface area contributed by atoms with Crippen LogP contribution >= 0.6 is 11.6 Å². The highest BCUT2D eigenvalue weighted by atomic mass is 35.5. The standard InChI is InChI=1S/C13H19ClFN/c1-9(2)6-7-16-10(3)11-4-5-12(14)13(15)8-11/h4-5,8-10,16H,6-7H2,1-3H3. The van der Waals surface area contributed by atoms with Gasteiger partial charge in [0, 0.05) is 6.04 Å². The lowest BCUT2D eigenvalue weighted by Crippen LogP contribution is -2.21. The predicted molar refractivity (Wildman–Crippen MR) is 67.3 cm³/mol. The van der Waals surface area contributed by atoms with Crippen LogP contribution in [0.25, 0.3) is 0 Å². The average molecular weight is 244 g/mol. The molecule has 3 heteroatoms. The maximum absolute atomic E-state index is 13.2. The number of benzene rings is 1. The van der Waals surface area contributed by atoms with Crippen LogP contribution in [0.4, 0.5) is 4.39 Å². The molecule has 1 nitrogen and oxygen atoms in total. The van der Waals surface area contributed by atoms with Gasteiger partial charge in [0.15, 0.2) is 0 Å². The Balaban J connectivity index is 2.52. The van der Waals surface area contributed by atoms with Gasteiger partial charge in [-0.15, -0.1) is 0 Å². The minimum atomic E-state index is -0.350. The van der Waals surface area contributed by atoms with E-state index in [2.05, 4.69) is 19.2 Å². The Bertz CT molecular complexity index is 339. The van der Waals surface area contributed by atoms with Crippen molar-refractivity contribution in [2.24, 2.45) is 5.92 Å². The van der Waals surface area contributed by atoms with Crippen molar-refractivity contribution in [3.63, 3.8) is 0 Å². The molecule has 1 aromatic rings. The van der Waals surface area contributed by atoms with Gasteiger partial charge in [0.25, 0.3) is 0 Å². The highest BCUT2D eigenvalue weighted by Crippen LogP contribution is 2.20. The first-order valence-corrected chi connectivity index (χ1v) is 6.07. The third-order valence-corrected chi connectivity index (χ3v) is 2.92. The fourth-order valence-electron chi connectivity index (χ4n) is 1.49. The molecule has 1 aromatic carbocycles. The van der Waals surface area contributed by atoms with Gasteiger partial charge in [-0.05, 0) is 43.5 Å². The van der Waals surface area contributed by atoms with E-state index in [1.54, 1.807) is 6.07 Å². The number of hydrogen-bond donors (Lipinski definition) is 1. The van der Waals surface area contributed by atoms with Crippen LogP contribution < -0.4 is 5.32 Å². The summed E-state index contributed by atoms with van der Waals surface area (Å²) in [7, 11) is 0. The van der Waals surface area contributed by atoms with E-state index in [0.717, 1.165) is 18.5 Å². The zero-order valence-electron chi connectivity index (χ0n) is 10.1. The fraction of sp³-hybridized carbons (Fsp3) is 0.538. The van der Waals surface area contributed by atoms with E-state index in [1.165, 1.54) is 6.07 Å². The van der Waals surface area contributed by atoms with E-state index < -0.39 is 0 Å². The molecule has 0 spiro atoms. The Labute approximate surface area is 102 Å². The topological polar surface area (TPSA) is 12.0 Å². The molecule has 90 valence electrons. The lowest BCUT2D eigenvalue weighted by Gasteiger charge is -2.15. The monoisotopic (exact) mass is 243 g/mol. The summed E-state index contributed by atoms with van der Waals surface area (Å²) in [6.45, 7) is 7.36. The van der Waals surface area contributed by atoms with E-state index in [1.807, 2.05) is 13.0 Å². The van der Waals surface area contributed by atoms with Gasteiger partial charge in [0.1, 0.15) is 5.82 Å². The van der Waals surface area contributed by atoms with Gasteiger partial charge < -0.3 is 5.32 Å². The zero-order valence-corrected chi connectivity index (χ0v) is 10.8. The molecular formula is C13H19ClFN. The number of nitrogens with one attached hydrogen (secondary N) is 1. The molecule has 0 amide bonds. The molecule has 0 aliphatic rings. The van der Waals surface area contributed by atoms with Crippen molar-refractivity contribution in [3.05, 3.63) is 34.6 Å². The first kappa shape index (κ1) is 13.5. The van der Waals surface area contributed by atoms with Gasteiger partial charge in [-0.25, -0.2) is 4.39 Å². The van der Waals surface area contributed by atoms with E-state index >= 15 is 0 Å². The highest BCUT2D eigenvalue weighted by molar-refractivity contribution is 6.30. The second kappa shape index (κ2) is 6.21. The zero-order chi connectivity index (χ0) is 12.1. The molecule has 0 saturated carbocycles. The van der Waals surface area contributed by atoms with E-state index in [-0.39, 0.29) is 16.9 Å². The Morgan fingerprint density at radius 1 is 1.31 bits per heavy atom. The molecule has 0 aliphatic heterocycles. The molecular weight excluding hydrogens is 225 g/mol. The average Bonchev–Trinajstić information content (AvgIpc) is 2.21. The summed E-state index contributed by atoms with van der Waals surface area (Å²) in [4.78, 5) is 0. The molecule has 0 aliphatic carbocycles. The molecule has 0 fully saturated rings. The number of hydrogen-bond acceptors (Lipinski definition) is 1. The normalized spacial score (nSPS) is 13.1. The molecule has 0 aromatic heterocycles. The van der Waals surface area contributed by atoms with Gasteiger partial charge in [0.2, 0.25) is 0 Å². The largest absolute Gasteiger partial charge is 0.310 e. The fourth-order valence-corrected chi connectivity index (χ4v) is 1.61. The van der Waals surface area contributed by atoms with E-state index in [4.69, 9.17) is 11.6 Å². The quantitative estimate of drug-likeness (QED) is 0.818. The summed E-state index contributed by atoms with van der Waals surface area (Å²) in [5, 5.41) is 3.55. The van der Waals surface area contributed by atoms with Gasteiger partial charge >= 0.3 is 0 Å². The van der Waals surface area contributed by atoms with Crippen LogP contribution in [0.3, 0.4) is 0 Å². The first-order chi connectivity index (χ1) is 7.50. The van der Waals surface area contributed by atoms with E-state index in [9.17, 15) is 4.39 Å². The maximum Gasteiger partial charge on any atom is 0.142 e. The second-order valence-electron chi connectivity index (χ2n) is 4.53. The predicted octanol–water partition coefficient (Wildman–Crippen LogP) is 4.18. The van der Waals surface area contributed by atoms with Crippen LogP contribution in [0.1, 0.15) is 38.8 Å². The minimum Gasteiger partial charge on any atom is -0.310 e. The van der Waals surface area contributed by atoms with Crippen molar-refractivity contribution < 1.29 is 4.39 Å². The van der Waals surface area contributed by atoms with Crippen molar-refractivity contribution in [2.75, 3.05) is 6.54 Å². The highest BCUT2D eigenvalue weighted by Gasteiger charge is 2.07. The maximum atomic E-state index is 13.2. The SMILES string of the molecule is CC(C)CCNC(C)c1ccc(Cl)c(F)c1. The summed E-state index contributed by atoms with van der Waals surface area (Å²) in [6, 6.07) is 5.12. The van der Waals surface area contributed by atoms with E-state index in [0.29, 0.717) is 5.92 Å².